The molecule has 154 valence electrons. The average Bonchev–Trinajstić information content (AvgIpc) is 3.36. The SMILES string of the molecule is Cn1nccc1Nc1nccc(-c2cc3nnc(Cc4ccc(Cl)cc4F)n3cn2)n1. The van der Waals surface area contributed by atoms with Crippen molar-refractivity contribution in [1.82, 2.24) is 39.3 Å². The molecule has 0 aliphatic heterocycles. The highest BCUT2D eigenvalue weighted by atomic mass is 35.5. The van der Waals surface area contributed by atoms with E-state index in [1.54, 1.807) is 52.1 Å². The third-order valence-electron chi connectivity index (χ3n) is 4.71. The van der Waals surface area contributed by atoms with Crippen molar-refractivity contribution in [3.8, 4) is 11.4 Å². The molecule has 4 heterocycles. The largest absolute Gasteiger partial charge is 0.309 e. The zero-order valence-electron chi connectivity index (χ0n) is 16.2. The lowest BCUT2D eigenvalue weighted by Crippen LogP contribution is -2.03. The van der Waals surface area contributed by atoms with Crippen LogP contribution < -0.4 is 5.32 Å². The number of nitrogens with one attached hydrogen (secondary N) is 1. The van der Waals surface area contributed by atoms with Gasteiger partial charge in [0.2, 0.25) is 5.95 Å². The predicted molar refractivity (Wildman–Crippen MR) is 113 cm³/mol. The number of fused-ring (bicyclic) bond motifs is 1. The molecule has 0 saturated heterocycles. The van der Waals surface area contributed by atoms with E-state index in [9.17, 15) is 4.39 Å². The van der Waals surface area contributed by atoms with E-state index >= 15 is 0 Å². The summed E-state index contributed by atoms with van der Waals surface area (Å²) in [4.78, 5) is 13.2. The van der Waals surface area contributed by atoms with E-state index in [2.05, 4.69) is 35.6 Å². The van der Waals surface area contributed by atoms with E-state index in [1.807, 2.05) is 13.1 Å². The quantitative estimate of drug-likeness (QED) is 0.451. The van der Waals surface area contributed by atoms with E-state index in [0.29, 0.717) is 39.4 Å². The number of aryl methyl sites for hydroxylation is 1. The van der Waals surface area contributed by atoms with Crippen molar-refractivity contribution in [2.24, 2.45) is 7.05 Å². The summed E-state index contributed by atoms with van der Waals surface area (Å²) in [6, 6.07) is 9.91. The lowest BCUT2D eigenvalue weighted by molar-refractivity contribution is 0.611. The zero-order chi connectivity index (χ0) is 21.4. The number of halogens is 2. The second-order valence-electron chi connectivity index (χ2n) is 6.76. The van der Waals surface area contributed by atoms with Gasteiger partial charge in [0.1, 0.15) is 23.8 Å². The fraction of sp³-hybridized carbons (Fsp3) is 0.100. The molecule has 1 N–H and O–H groups in total. The zero-order valence-corrected chi connectivity index (χ0v) is 17.0. The van der Waals surface area contributed by atoms with Gasteiger partial charge >= 0.3 is 0 Å². The number of hydrogen-bond acceptors (Lipinski definition) is 7. The molecule has 0 bridgehead atoms. The topological polar surface area (TPSA) is 98.7 Å². The number of hydrogen-bond donors (Lipinski definition) is 1. The van der Waals surface area contributed by atoms with Gasteiger partial charge in [0.25, 0.3) is 0 Å². The van der Waals surface area contributed by atoms with Crippen molar-refractivity contribution >= 4 is 29.0 Å². The minimum Gasteiger partial charge on any atom is -0.309 e. The standard InChI is InChI=1S/C20H15ClFN9/c1-30-17(5-7-25-30)27-20-23-6-4-15(26-20)16-10-19-29-28-18(31(19)11-24-16)8-12-2-3-13(21)9-14(12)22/h2-7,9-11H,8H2,1H3,(H,23,26,27). The minimum absolute atomic E-state index is 0.261. The molecular formula is C20H15ClFN9. The van der Waals surface area contributed by atoms with E-state index in [-0.39, 0.29) is 12.2 Å². The monoisotopic (exact) mass is 435 g/mol. The summed E-state index contributed by atoms with van der Waals surface area (Å²) in [5.41, 5.74) is 2.29. The maximum absolute atomic E-state index is 14.1. The summed E-state index contributed by atoms with van der Waals surface area (Å²) < 4.78 is 17.5. The summed E-state index contributed by atoms with van der Waals surface area (Å²) in [5, 5.41) is 15.9. The summed E-state index contributed by atoms with van der Waals surface area (Å²) >= 11 is 5.83. The van der Waals surface area contributed by atoms with Crippen LogP contribution in [0.15, 0.2) is 55.1 Å². The molecule has 0 unspecified atom stereocenters. The van der Waals surface area contributed by atoms with Gasteiger partial charge in [-0.05, 0) is 23.8 Å². The van der Waals surface area contributed by atoms with Crippen molar-refractivity contribution in [3.63, 3.8) is 0 Å². The number of aromatic nitrogens is 8. The summed E-state index contributed by atoms with van der Waals surface area (Å²) in [7, 11) is 1.82. The third kappa shape index (κ3) is 3.80. The molecule has 0 atom stereocenters. The number of nitrogens with zero attached hydrogens (tertiary/aromatic N) is 8. The predicted octanol–water partition coefficient (Wildman–Crippen LogP) is 3.44. The van der Waals surface area contributed by atoms with Crippen molar-refractivity contribution in [1.29, 1.82) is 0 Å². The molecule has 5 aromatic rings. The maximum atomic E-state index is 14.1. The highest BCUT2D eigenvalue weighted by Gasteiger charge is 2.13. The summed E-state index contributed by atoms with van der Waals surface area (Å²) in [5.74, 6) is 1.36. The Bertz CT molecular complexity index is 1390. The number of benzene rings is 1. The first-order valence-corrected chi connectivity index (χ1v) is 9.66. The normalized spacial score (nSPS) is 11.2. The van der Waals surface area contributed by atoms with Gasteiger partial charge < -0.3 is 5.32 Å². The van der Waals surface area contributed by atoms with Gasteiger partial charge in [-0.1, -0.05) is 17.7 Å². The molecule has 4 aromatic heterocycles. The first kappa shape index (κ1) is 19.1. The smallest absolute Gasteiger partial charge is 0.228 e. The van der Waals surface area contributed by atoms with Gasteiger partial charge in [-0.2, -0.15) is 5.10 Å². The lowest BCUT2D eigenvalue weighted by atomic mass is 10.1. The summed E-state index contributed by atoms with van der Waals surface area (Å²) in [6.07, 6.45) is 5.19. The Balaban J connectivity index is 1.43. The molecule has 0 spiro atoms. The average molecular weight is 436 g/mol. The van der Waals surface area contributed by atoms with E-state index in [1.165, 1.54) is 6.07 Å². The van der Waals surface area contributed by atoms with Crippen LogP contribution in [0.5, 0.6) is 0 Å². The Hall–Kier alpha value is -3.92. The molecule has 0 saturated carbocycles. The molecule has 0 radical (unpaired) electrons. The molecule has 31 heavy (non-hydrogen) atoms. The number of anilines is 2. The minimum atomic E-state index is -0.386. The van der Waals surface area contributed by atoms with Gasteiger partial charge in [-0.25, -0.2) is 19.3 Å². The molecular weight excluding hydrogens is 421 g/mol. The second kappa shape index (κ2) is 7.73. The third-order valence-corrected chi connectivity index (χ3v) is 4.95. The first-order chi connectivity index (χ1) is 15.1. The fourth-order valence-electron chi connectivity index (χ4n) is 3.11. The van der Waals surface area contributed by atoms with Crippen LogP contribution in [0.4, 0.5) is 16.2 Å². The van der Waals surface area contributed by atoms with Crippen LogP contribution in [0.1, 0.15) is 11.4 Å². The van der Waals surface area contributed by atoms with Crippen LogP contribution in [-0.2, 0) is 13.5 Å². The molecule has 11 heteroatoms. The Morgan fingerprint density at radius 3 is 2.74 bits per heavy atom. The molecule has 1 aromatic carbocycles. The molecule has 0 amide bonds. The Morgan fingerprint density at radius 2 is 1.94 bits per heavy atom. The molecule has 0 aliphatic carbocycles. The molecule has 0 fully saturated rings. The Morgan fingerprint density at radius 1 is 1.03 bits per heavy atom. The van der Waals surface area contributed by atoms with Crippen LogP contribution >= 0.6 is 11.6 Å². The Labute approximate surface area is 180 Å². The maximum Gasteiger partial charge on any atom is 0.228 e. The van der Waals surface area contributed by atoms with Gasteiger partial charge in [0.05, 0.1) is 17.6 Å². The molecule has 0 aliphatic rings. The Kier molecular flexibility index (Phi) is 4.75. The highest BCUT2D eigenvalue weighted by molar-refractivity contribution is 6.30. The van der Waals surface area contributed by atoms with Gasteiger partial charge in [-0.3, -0.25) is 9.08 Å². The highest BCUT2D eigenvalue weighted by Crippen LogP contribution is 2.21. The van der Waals surface area contributed by atoms with Crippen molar-refractivity contribution < 1.29 is 4.39 Å². The van der Waals surface area contributed by atoms with Gasteiger partial charge in [0.15, 0.2) is 5.65 Å². The van der Waals surface area contributed by atoms with Crippen LogP contribution in [-0.4, -0.2) is 39.3 Å². The molecule has 5 rings (SSSR count). The van der Waals surface area contributed by atoms with Crippen LogP contribution in [0.25, 0.3) is 17.0 Å². The molecule has 9 nitrogen and oxygen atoms in total. The first-order valence-electron chi connectivity index (χ1n) is 9.29. The van der Waals surface area contributed by atoms with Crippen LogP contribution in [0.3, 0.4) is 0 Å². The van der Waals surface area contributed by atoms with Crippen LogP contribution in [0.2, 0.25) is 5.02 Å². The summed E-state index contributed by atoms with van der Waals surface area (Å²) in [6.45, 7) is 0. The van der Waals surface area contributed by atoms with E-state index in [4.69, 9.17) is 11.6 Å². The van der Waals surface area contributed by atoms with E-state index in [0.717, 1.165) is 5.82 Å². The lowest BCUT2D eigenvalue weighted by Gasteiger charge is -2.07. The van der Waals surface area contributed by atoms with E-state index < -0.39 is 0 Å². The van der Waals surface area contributed by atoms with Crippen molar-refractivity contribution in [2.75, 3.05) is 5.32 Å². The number of rotatable bonds is 5. The van der Waals surface area contributed by atoms with Gasteiger partial charge in [-0.15, -0.1) is 10.2 Å². The second-order valence-corrected chi connectivity index (χ2v) is 7.20. The van der Waals surface area contributed by atoms with Crippen molar-refractivity contribution in [3.05, 3.63) is 77.3 Å². The van der Waals surface area contributed by atoms with Crippen molar-refractivity contribution in [2.45, 2.75) is 6.42 Å². The van der Waals surface area contributed by atoms with Crippen LogP contribution in [0, 0.1) is 5.82 Å². The fourth-order valence-corrected chi connectivity index (χ4v) is 3.27. The van der Waals surface area contributed by atoms with Gasteiger partial charge in [0, 0.05) is 36.8 Å².